The van der Waals surface area contributed by atoms with Crippen molar-refractivity contribution in [1.82, 2.24) is 0 Å². The van der Waals surface area contributed by atoms with E-state index in [0.717, 1.165) is 25.7 Å². The third-order valence-electron chi connectivity index (χ3n) is 2.31. The van der Waals surface area contributed by atoms with Crippen LogP contribution in [0.15, 0.2) is 35.5 Å². The van der Waals surface area contributed by atoms with Gasteiger partial charge >= 0.3 is 19.5 Å². The standard InChI is InChI=1S/2C9H15.Ru/c2*1-4-7-9(6-3)8-5-2;/h2*4,7H,5-6H2,1-3H3;/q2*-1;+2/b2*7-4+;. The zero-order chi connectivity index (χ0) is 14.2. The van der Waals surface area contributed by atoms with Gasteiger partial charge in [0.25, 0.3) is 0 Å². The average molecular weight is 348 g/mol. The molecule has 0 bridgehead atoms. The Morgan fingerprint density at radius 3 is 1.21 bits per heavy atom. The molecular weight excluding hydrogens is 317 g/mol. The van der Waals surface area contributed by atoms with Crippen molar-refractivity contribution in [3.05, 3.63) is 47.6 Å². The largest absolute Gasteiger partial charge is 2.00 e. The molecular formula is C18H30Ru. The van der Waals surface area contributed by atoms with Gasteiger partial charge in [0.05, 0.1) is 0 Å². The molecule has 0 aromatic rings. The molecule has 0 aliphatic carbocycles. The van der Waals surface area contributed by atoms with Crippen molar-refractivity contribution in [2.75, 3.05) is 0 Å². The maximum absolute atomic E-state index is 3.26. The summed E-state index contributed by atoms with van der Waals surface area (Å²) in [6.07, 6.45) is 19.1. The first-order valence-electron chi connectivity index (χ1n) is 7.14. The Hall–Kier alpha value is -0.417. The van der Waals surface area contributed by atoms with Crippen LogP contribution in [-0.4, -0.2) is 0 Å². The van der Waals surface area contributed by atoms with E-state index >= 15 is 0 Å². The molecule has 0 aliphatic rings. The summed E-state index contributed by atoms with van der Waals surface area (Å²) >= 11 is 0. The van der Waals surface area contributed by atoms with Crippen LogP contribution in [0.4, 0.5) is 0 Å². The molecule has 0 aromatic carbocycles. The number of allylic oxidation sites excluding steroid dienone is 8. The van der Waals surface area contributed by atoms with Crippen LogP contribution in [0.3, 0.4) is 0 Å². The molecule has 0 N–H and O–H groups in total. The Morgan fingerprint density at radius 1 is 0.737 bits per heavy atom. The molecule has 19 heavy (non-hydrogen) atoms. The molecule has 0 nitrogen and oxygen atoms in total. The van der Waals surface area contributed by atoms with Crippen LogP contribution >= 0.6 is 0 Å². The van der Waals surface area contributed by atoms with E-state index in [1.54, 1.807) is 0 Å². The van der Waals surface area contributed by atoms with Crippen molar-refractivity contribution >= 4 is 0 Å². The van der Waals surface area contributed by atoms with Gasteiger partial charge in [-0.25, -0.2) is 23.3 Å². The molecule has 0 aromatic heterocycles. The molecule has 0 fully saturated rings. The second-order valence-corrected chi connectivity index (χ2v) is 3.82. The van der Waals surface area contributed by atoms with Gasteiger partial charge in [-0.05, 0) is 0 Å². The van der Waals surface area contributed by atoms with Crippen molar-refractivity contribution < 1.29 is 19.5 Å². The van der Waals surface area contributed by atoms with Gasteiger partial charge in [0.2, 0.25) is 0 Å². The second kappa shape index (κ2) is 19.9. The number of rotatable bonds is 6. The molecule has 0 saturated heterocycles. The summed E-state index contributed by atoms with van der Waals surface area (Å²) in [6.45, 7) is 12.6. The molecule has 0 radical (unpaired) electrons. The molecule has 0 rings (SSSR count). The third-order valence-corrected chi connectivity index (χ3v) is 2.31. The Bertz CT molecular complexity index is 250. The number of hydrogen-bond acceptors (Lipinski definition) is 0. The quantitative estimate of drug-likeness (QED) is 0.304. The topological polar surface area (TPSA) is 0 Å². The normalized spacial score (nSPS) is 12.3. The van der Waals surface area contributed by atoms with E-state index in [1.165, 1.54) is 11.1 Å². The zero-order valence-electron chi connectivity index (χ0n) is 13.5. The summed E-state index contributed by atoms with van der Waals surface area (Å²) in [5.41, 5.74) is 2.64. The van der Waals surface area contributed by atoms with Crippen molar-refractivity contribution in [2.45, 2.75) is 67.2 Å². The monoisotopic (exact) mass is 348 g/mol. The van der Waals surface area contributed by atoms with Gasteiger partial charge < -0.3 is 0 Å². The van der Waals surface area contributed by atoms with E-state index in [2.05, 4.69) is 64.2 Å². The number of hydrogen-bond donors (Lipinski definition) is 0. The molecule has 0 aliphatic heterocycles. The van der Waals surface area contributed by atoms with Crippen molar-refractivity contribution in [3.8, 4) is 0 Å². The first-order chi connectivity index (χ1) is 8.69. The molecule has 1 heteroatoms. The zero-order valence-corrected chi connectivity index (χ0v) is 15.2. The van der Waals surface area contributed by atoms with Gasteiger partial charge in [0.1, 0.15) is 0 Å². The predicted octanol–water partition coefficient (Wildman–Crippen LogP) is 6.22. The van der Waals surface area contributed by atoms with Gasteiger partial charge in [0, 0.05) is 0 Å². The van der Waals surface area contributed by atoms with Crippen molar-refractivity contribution in [1.29, 1.82) is 0 Å². The van der Waals surface area contributed by atoms with Gasteiger partial charge in [-0.2, -0.15) is 12.2 Å². The molecule has 110 valence electrons. The molecule has 0 spiro atoms. The summed E-state index contributed by atoms with van der Waals surface area (Å²) in [7, 11) is 0. The summed E-state index contributed by atoms with van der Waals surface area (Å²) in [5, 5.41) is 0. The van der Waals surface area contributed by atoms with Crippen LogP contribution in [0.5, 0.6) is 0 Å². The SMILES string of the molecule is C/C=C/C(=[C-]CC)CC.C/C=C/C(=[C-]CC)CC.[Ru+2]. The van der Waals surface area contributed by atoms with Crippen LogP contribution in [0, 0.1) is 12.2 Å². The molecule has 0 amide bonds. The van der Waals surface area contributed by atoms with E-state index in [9.17, 15) is 0 Å². The summed E-state index contributed by atoms with van der Waals surface area (Å²) in [6, 6.07) is 0. The molecule has 0 heterocycles. The maximum atomic E-state index is 3.26. The fourth-order valence-corrected chi connectivity index (χ4v) is 1.46. The van der Waals surface area contributed by atoms with Gasteiger partial charge in [-0.15, -0.1) is 12.8 Å². The van der Waals surface area contributed by atoms with Crippen LogP contribution in [-0.2, 0) is 19.5 Å². The smallest absolute Gasteiger partial charge is 0.272 e. The maximum Gasteiger partial charge on any atom is 2.00 e. The second-order valence-electron chi connectivity index (χ2n) is 3.82. The van der Waals surface area contributed by atoms with Crippen LogP contribution < -0.4 is 0 Å². The molecule has 0 atom stereocenters. The minimum absolute atomic E-state index is 0. The minimum Gasteiger partial charge on any atom is -0.272 e. The first-order valence-corrected chi connectivity index (χ1v) is 7.14. The van der Waals surface area contributed by atoms with E-state index < -0.39 is 0 Å². The predicted molar refractivity (Wildman–Crippen MR) is 84.3 cm³/mol. The Balaban J connectivity index is -0.000000256. The van der Waals surface area contributed by atoms with Crippen LogP contribution in [0.25, 0.3) is 0 Å². The van der Waals surface area contributed by atoms with E-state index in [-0.39, 0.29) is 19.5 Å². The summed E-state index contributed by atoms with van der Waals surface area (Å²) in [4.78, 5) is 0. The van der Waals surface area contributed by atoms with Gasteiger partial charge in [0.15, 0.2) is 0 Å². The Kier molecular flexibility index (Phi) is 24.8. The van der Waals surface area contributed by atoms with Crippen LogP contribution in [0.1, 0.15) is 67.2 Å². The summed E-state index contributed by atoms with van der Waals surface area (Å²) < 4.78 is 0. The Morgan fingerprint density at radius 2 is 1.05 bits per heavy atom. The first kappa shape index (κ1) is 23.7. The Labute approximate surface area is 134 Å². The fourth-order valence-electron chi connectivity index (χ4n) is 1.46. The van der Waals surface area contributed by atoms with Crippen molar-refractivity contribution in [3.63, 3.8) is 0 Å². The van der Waals surface area contributed by atoms with E-state index in [0.29, 0.717) is 0 Å². The summed E-state index contributed by atoms with van der Waals surface area (Å²) in [5.74, 6) is 0. The van der Waals surface area contributed by atoms with Gasteiger partial charge in [-0.1, -0.05) is 54.4 Å². The molecule has 0 unspecified atom stereocenters. The molecule has 0 saturated carbocycles. The van der Waals surface area contributed by atoms with Crippen molar-refractivity contribution in [2.24, 2.45) is 0 Å². The van der Waals surface area contributed by atoms with Gasteiger partial charge in [-0.3, -0.25) is 12.2 Å². The van der Waals surface area contributed by atoms with E-state index in [1.807, 2.05) is 13.8 Å². The fraction of sp³-hybridized carbons (Fsp3) is 0.556. The minimum atomic E-state index is 0. The van der Waals surface area contributed by atoms with Crippen LogP contribution in [0.2, 0.25) is 0 Å². The third kappa shape index (κ3) is 17.6. The average Bonchev–Trinajstić information content (AvgIpc) is 2.39. The van der Waals surface area contributed by atoms with E-state index in [4.69, 9.17) is 0 Å².